The Hall–Kier alpha value is -1.81. The van der Waals surface area contributed by atoms with E-state index in [1.54, 1.807) is 0 Å². The molecule has 1 saturated heterocycles. The molecule has 1 atom stereocenters. The van der Waals surface area contributed by atoms with E-state index < -0.39 is 0 Å². The first-order valence-corrected chi connectivity index (χ1v) is 6.91. The number of nitrogens with one attached hydrogen (secondary N) is 3. The summed E-state index contributed by atoms with van der Waals surface area (Å²) in [5.74, 6) is 0.136. The Morgan fingerprint density at radius 3 is 3.11 bits per heavy atom. The summed E-state index contributed by atoms with van der Waals surface area (Å²) < 4.78 is 0. The van der Waals surface area contributed by atoms with Crippen LogP contribution >= 0.6 is 0 Å². The molecule has 0 spiro atoms. The van der Waals surface area contributed by atoms with E-state index in [0.29, 0.717) is 0 Å². The van der Waals surface area contributed by atoms with Crippen LogP contribution in [0.1, 0.15) is 24.8 Å². The fourth-order valence-corrected chi connectivity index (χ4v) is 2.65. The molecule has 2 aromatic rings. The fourth-order valence-electron chi connectivity index (χ4n) is 2.65. The molecule has 2 heterocycles. The van der Waals surface area contributed by atoms with Crippen molar-refractivity contribution in [2.75, 3.05) is 6.54 Å². The summed E-state index contributed by atoms with van der Waals surface area (Å²) >= 11 is 0. The maximum Gasteiger partial charge on any atom is 0.237 e. The highest BCUT2D eigenvalue weighted by atomic mass is 16.2. The van der Waals surface area contributed by atoms with E-state index in [2.05, 4.69) is 27.8 Å². The van der Waals surface area contributed by atoms with Gasteiger partial charge in [0, 0.05) is 30.2 Å². The van der Waals surface area contributed by atoms with Gasteiger partial charge in [0.05, 0.1) is 6.04 Å². The molecule has 4 nitrogen and oxygen atoms in total. The third-order valence-electron chi connectivity index (χ3n) is 3.75. The number of aromatic nitrogens is 1. The van der Waals surface area contributed by atoms with Crippen LogP contribution in [-0.4, -0.2) is 23.5 Å². The molecule has 0 bridgehead atoms. The lowest BCUT2D eigenvalue weighted by Gasteiger charge is -2.14. The van der Waals surface area contributed by atoms with E-state index >= 15 is 0 Å². The van der Waals surface area contributed by atoms with E-state index in [4.69, 9.17) is 0 Å². The third-order valence-corrected chi connectivity index (χ3v) is 3.75. The second kappa shape index (κ2) is 5.45. The highest BCUT2D eigenvalue weighted by Gasteiger charge is 2.19. The average Bonchev–Trinajstić information content (AvgIpc) is 2.73. The van der Waals surface area contributed by atoms with Crippen LogP contribution in [0.3, 0.4) is 0 Å². The highest BCUT2D eigenvalue weighted by molar-refractivity contribution is 5.84. The minimum absolute atomic E-state index is 0.0591. The molecule has 1 aliphatic heterocycles. The Morgan fingerprint density at radius 1 is 1.26 bits per heavy atom. The fraction of sp³-hybridized carbons (Fsp3) is 0.400. The molecule has 4 heteroatoms. The minimum Gasteiger partial charge on any atom is -0.361 e. The summed E-state index contributed by atoms with van der Waals surface area (Å²) in [5.41, 5.74) is 2.36. The Bertz CT molecular complexity index is 576. The molecule has 1 aromatic heterocycles. The lowest BCUT2D eigenvalue weighted by molar-refractivity contribution is -0.122. The van der Waals surface area contributed by atoms with Crippen LogP contribution in [-0.2, 0) is 11.3 Å². The van der Waals surface area contributed by atoms with E-state index in [9.17, 15) is 4.79 Å². The van der Waals surface area contributed by atoms with Crippen molar-refractivity contribution >= 4 is 16.8 Å². The van der Waals surface area contributed by atoms with Gasteiger partial charge >= 0.3 is 0 Å². The Kier molecular flexibility index (Phi) is 3.51. The van der Waals surface area contributed by atoms with Gasteiger partial charge in [0.2, 0.25) is 5.91 Å². The number of hydrogen-bond donors (Lipinski definition) is 3. The lowest BCUT2D eigenvalue weighted by Crippen LogP contribution is -2.42. The van der Waals surface area contributed by atoms with Crippen LogP contribution in [0.4, 0.5) is 0 Å². The number of hydrogen-bond acceptors (Lipinski definition) is 2. The third kappa shape index (κ3) is 2.63. The number of rotatable bonds is 3. The van der Waals surface area contributed by atoms with Gasteiger partial charge < -0.3 is 15.6 Å². The zero-order valence-electron chi connectivity index (χ0n) is 10.9. The average molecular weight is 257 g/mol. The molecular weight excluding hydrogens is 238 g/mol. The second-order valence-corrected chi connectivity index (χ2v) is 5.08. The number of H-pyrrole nitrogens is 1. The highest BCUT2D eigenvalue weighted by Crippen LogP contribution is 2.17. The standard InChI is InChI=1S/C15H19N3O/c19-15-14(7-3-4-8-16-15)18-10-11-9-17-13-6-2-1-5-12(11)13/h1-2,5-6,9,14,17-18H,3-4,7-8,10H2,(H,16,19). The maximum absolute atomic E-state index is 11.9. The van der Waals surface area contributed by atoms with Gasteiger partial charge in [-0.2, -0.15) is 0 Å². The van der Waals surface area contributed by atoms with Crippen molar-refractivity contribution in [3.63, 3.8) is 0 Å². The van der Waals surface area contributed by atoms with Gasteiger partial charge in [0.15, 0.2) is 0 Å². The van der Waals surface area contributed by atoms with Gasteiger partial charge in [-0.3, -0.25) is 4.79 Å². The predicted octanol–water partition coefficient (Wildman–Crippen LogP) is 1.93. The van der Waals surface area contributed by atoms with Gasteiger partial charge in [0.1, 0.15) is 0 Å². The number of aromatic amines is 1. The summed E-state index contributed by atoms with van der Waals surface area (Å²) in [4.78, 5) is 15.1. The van der Waals surface area contributed by atoms with Crippen molar-refractivity contribution in [3.05, 3.63) is 36.0 Å². The van der Waals surface area contributed by atoms with Gasteiger partial charge in [-0.05, 0) is 30.9 Å². The van der Waals surface area contributed by atoms with Gasteiger partial charge in [-0.1, -0.05) is 18.2 Å². The van der Waals surface area contributed by atoms with Crippen molar-refractivity contribution in [1.82, 2.24) is 15.6 Å². The monoisotopic (exact) mass is 257 g/mol. The molecule has 1 aromatic carbocycles. The number of carbonyl (C=O) groups excluding carboxylic acids is 1. The van der Waals surface area contributed by atoms with Crippen LogP contribution in [0.15, 0.2) is 30.5 Å². The molecule has 3 N–H and O–H groups in total. The maximum atomic E-state index is 11.9. The summed E-state index contributed by atoms with van der Waals surface area (Å²) in [7, 11) is 0. The zero-order chi connectivity index (χ0) is 13.1. The summed E-state index contributed by atoms with van der Waals surface area (Å²) in [6.07, 6.45) is 5.13. The molecule has 3 rings (SSSR count). The Labute approximate surface area is 112 Å². The molecule has 0 aliphatic carbocycles. The van der Waals surface area contributed by atoms with Gasteiger partial charge in [-0.15, -0.1) is 0 Å². The first kappa shape index (κ1) is 12.2. The van der Waals surface area contributed by atoms with Crippen molar-refractivity contribution in [2.24, 2.45) is 0 Å². The largest absolute Gasteiger partial charge is 0.361 e. The first-order chi connectivity index (χ1) is 9.34. The van der Waals surface area contributed by atoms with Crippen molar-refractivity contribution in [3.8, 4) is 0 Å². The second-order valence-electron chi connectivity index (χ2n) is 5.08. The topological polar surface area (TPSA) is 56.9 Å². The molecule has 19 heavy (non-hydrogen) atoms. The predicted molar refractivity (Wildman–Crippen MR) is 75.8 cm³/mol. The van der Waals surface area contributed by atoms with Gasteiger partial charge in [-0.25, -0.2) is 0 Å². The van der Waals surface area contributed by atoms with Crippen LogP contribution in [0, 0.1) is 0 Å². The quantitative estimate of drug-likeness (QED) is 0.787. The van der Waals surface area contributed by atoms with E-state index in [1.165, 1.54) is 10.9 Å². The number of fused-ring (bicyclic) bond motifs is 1. The molecule has 0 saturated carbocycles. The lowest BCUT2D eigenvalue weighted by atomic mass is 10.1. The van der Waals surface area contributed by atoms with E-state index in [1.807, 2.05) is 18.3 Å². The Balaban J connectivity index is 1.70. The SMILES string of the molecule is O=C1NCCCCC1NCc1c[nH]c2ccccc12. The number of amides is 1. The van der Waals surface area contributed by atoms with Gasteiger partial charge in [0.25, 0.3) is 0 Å². The van der Waals surface area contributed by atoms with Crippen molar-refractivity contribution in [2.45, 2.75) is 31.8 Å². The summed E-state index contributed by atoms with van der Waals surface area (Å²) in [5, 5.41) is 7.55. The van der Waals surface area contributed by atoms with Crippen LogP contribution in [0.2, 0.25) is 0 Å². The van der Waals surface area contributed by atoms with E-state index in [0.717, 1.165) is 37.9 Å². The van der Waals surface area contributed by atoms with Crippen molar-refractivity contribution in [1.29, 1.82) is 0 Å². The molecule has 1 unspecified atom stereocenters. The smallest absolute Gasteiger partial charge is 0.237 e. The molecule has 1 fully saturated rings. The summed E-state index contributed by atoms with van der Waals surface area (Å²) in [6.45, 7) is 1.53. The number of benzene rings is 1. The van der Waals surface area contributed by atoms with Crippen LogP contribution in [0.25, 0.3) is 10.9 Å². The molecule has 100 valence electrons. The normalized spacial score (nSPS) is 20.2. The summed E-state index contributed by atoms with van der Waals surface area (Å²) in [6, 6.07) is 8.18. The molecule has 1 aliphatic rings. The molecule has 0 radical (unpaired) electrons. The zero-order valence-corrected chi connectivity index (χ0v) is 10.9. The van der Waals surface area contributed by atoms with E-state index in [-0.39, 0.29) is 11.9 Å². The van der Waals surface area contributed by atoms with Crippen LogP contribution < -0.4 is 10.6 Å². The number of para-hydroxylation sites is 1. The minimum atomic E-state index is -0.0591. The van der Waals surface area contributed by atoms with Crippen LogP contribution in [0.5, 0.6) is 0 Å². The number of carbonyl (C=O) groups is 1. The molecule has 1 amide bonds. The molecular formula is C15H19N3O. The van der Waals surface area contributed by atoms with Crippen molar-refractivity contribution < 1.29 is 4.79 Å². The first-order valence-electron chi connectivity index (χ1n) is 6.91. The Morgan fingerprint density at radius 2 is 2.16 bits per heavy atom.